The van der Waals surface area contributed by atoms with Gasteiger partial charge in [0.25, 0.3) is 0 Å². The van der Waals surface area contributed by atoms with E-state index in [1.807, 2.05) is 54.6 Å². The summed E-state index contributed by atoms with van der Waals surface area (Å²) in [5.74, 6) is -0.396. The lowest BCUT2D eigenvalue weighted by atomic mass is 9.94. The van der Waals surface area contributed by atoms with Crippen molar-refractivity contribution in [3.8, 4) is 22.4 Å². The largest absolute Gasteiger partial charge is 0.466 e. The average Bonchev–Trinajstić information content (AvgIpc) is 2.67. The van der Waals surface area contributed by atoms with E-state index in [1.54, 1.807) is 6.08 Å². The number of carbonyl (C=O) groups is 1. The molecule has 0 bridgehead atoms. The fourth-order valence-corrected chi connectivity index (χ4v) is 2.78. The van der Waals surface area contributed by atoms with Crippen LogP contribution in [0, 0.1) is 6.92 Å². The summed E-state index contributed by atoms with van der Waals surface area (Å²) in [7, 11) is 1.36. The number of methoxy groups -OCH3 is 1. The highest BCUT2D eigenvalue weighted by molar-refractivity contribution is 5.88. The third-order valence-corrected chi connectivity index (χ3v) is 3.94. The number of aryl methyl sites for hydroxylation is 1. The predicted molar refractivity (Wildman–Crippen MR) is 101 cm³/mol. The highest BCUT2D eigenvalue weighted by Crippen LogP contribution is 2.33. The number of hydrogen-bond acceptors (Lipinski definition) is 3. The molecule has 3 nitrogen and oxygen atoms in total. The molecule has 0 spiro atoms. The molecule has 0 N–H and O–H groups in total. The van der Waals surface area contributed by atoms with Crippen LogP contribution >= 0.6 is 0 Å². The second-order valence-electron chi connectivity index (χ2n) is 5.68. The zero-order valence-corrected chi connectivity index (χ0v) is 14.3. The molecule has 1 heterocycles. The van der Waals surface area contributed by atoms with Gasteiger partial charge in [0.15, 0.2) is 0 Å². The van der Waals surface area contributed by atoms with Gasteiger partial charge < -0.3 is 4.74 Å². The van der Waals surface area contributed by atoms with E-state index in [-0.39, 0.29) is 0 Å². The maximum Gasteiger partial charge on any atom is 0.330 e. The predicted octanol–water partition coefficient (Wildman–Crippen LogP) is 4.91. The Bertz CT molecular complexity index is 900. The fourth-order valence-electron chi connectivity index (χ4n) is 2.78. The molecule has 0 aliphatic carbocycles. The SMILES string of the molecule is COC(=O)/C=C/c1cc(C)c(-c2ccccc2)c(-c2ccccc2)n1. The Labute approximate surface area is 147 Å². The Hall–Kier alpha value is -3.20. The first kappa shape index (κ1) is 16.7. The van der Waals surface area contributed by atoms with Crippen LogP contribution in [0.3, 0.4) is 0 Å². The van der Waals surface area contributed by atoms with E-state index in [4.69, 9.17) is 4.98 Å². The van der Waals surface area contributed by atoms with E-state index < -0.39 is 5.97 Å². The van der Waals surface area contributed by atoms with E-state index in [2.05, 4.69) is 23.8 Å². The lowest BCUT2D eigenvalue weighted by molar-refractivity contribution is -0.134. The minimum atomic E-state index is -0.396. The van der Waals surface area contributed by atoms with Gasteiger partial charge in [-0.1, -0.05) is 60.7 Å². The molecule has 3 heteroatoms. The van der Waals surface area contributed by atoms with E-state index in [0.717, 1.165) is 33.6 Å². The number of esters is 1. The number of benzene rings is 2. The molecule has 1 aromatic heterocycles. The summed E-state index contributed by atoms with van der Waals surface area (Å²) in [6, 6.07) is 22.3. The Kier molecular flexibility index (Phi) is 5.05. The zero-order valence-electron chi connectivity index (χ0n) is 14.3. The Morgan fingerprint density at radius 3 is 2.16 bits per heavy atom. The minimum absolute atomic E-state index is 0.396. The highest BCUT2D eigenvalue weighted by Gasteiger charge is 2.13. The minimum Gasteiger partial charge on any atom is -0.466 e. The second kappa shape index (κ2) is 7.58. The van der Waals surface area contributed by atoms with Gasteiger partial charge in [-0.15, -0.1) is 0 Å². The molecule has 124 valence electrons. The van der Waals surface area contributed by atoms with Crippen molar-refractivity contribution in [3.05, 3.63) is 84.1 Å². The van der Waals surface area contributed by atoms with Crippen LogP contribution in [0.5, 0.6) is 0 Å². The van der Waals surface area contributed by atoms with Crippen LogP contribution < -0.4 is 0 Å². The van der Waals surface area contributed by atoms with Crippen molar-refractivity contribution < 1.29 is 9.53 Å². The standard InChI is InChI=1S/C22H19NO2/c1-16-15-19(13-14-20(24)25-2)23-22(18-11-7-4-8-12-18)21(16)17-9-5-3-6-10-17/h3-15H,1-2H3/b14-13+. The van der Waals surface area contributed by atoms with Crippen molar-refractivity contribution in [2.45, 2.75) is 6.92 Å². The first-order chi connectivity index (χ1) is 12.2. The number of aromatic nitrogens is 1. The van der Waals surface area contributed by atoms with E-state index in [0.29, 0.717) is 0 Å². The topological polar surface area (TPSA) is 39.2 Å². The fraction of sp³-hybridized carbons (Fsp3) is 0.0909. The van der Waals surface area contributed by atoms with Crippen molar-refractivity contribution in [1.29, 1.82) is 0 Å². The van der Waals surface area contributed by atoms with Crippen molar-refractivity contribution in [1.82, 2.24) is 4.98 Å². The van der Waals surface area contributed by atoms with Gasteiger partial charge in [0, 0.05) is 17.2 Å². The van der Waals surface area contributed by atoms with Crippen LogP contribution in [0.1, 0.15) is 11.3 Å². The van der Waals surface area contributed by atoms with Crippen LogP contribution in [0.25, 0.3) is 28.5 Å². The number of carbonyl (C=O) groups excluding carboxylic acids is 1. The van der Waals surface area contributed by atoms with Crippen molar-refractivity contribution >= 4 is 12.0 Å². The molecule has 0 saturated heterocycles. The van der Waals surface area contributed by atoms with Crippen LogP contribution in [-0.4, -0.2) is 18.1 Å². The van der Waals surface area contributed by atoms with Crippen LogP contribution in [0.4, 0.5) is 0 Å². The lowest BCUT2D eigenvalue weighted by Gasteiger charge is -2.14. The summed E-state index contributed by atoms with van der Waals surface area (Å²) in [6.07, 6.45) is 3.07. The monoisotopic (exact) mass is 329 g/mol. The van der Waals surface area contributed by atoms with Crippen LogP contribution in [-0.2, 0) is 9.53 Å². The quantitative estimate of drug-likeness (QED) is 0.504. The van der Waals surface area contributed by atoms with Crippen LogP contribution in [0.2, 0.25) is 0 Å². The van der Waals surface area contributed by atoms with Crippen molar-refractivity contribution in [2.75, 3.05) is 7.11 Å². The van der Waals surface area contributed by atoms with Gasteiger partial charge in [-0.2, -0.15) is 0 Å². The Morgan fingerprint density at radius 2 is 1.56 bits per heavy atom. The number of hydrogen-bond donors (Lipinski definition) is 0. The Morgan fingerprint density at radius 1 is 0.960 bits per heavy atom. The smallest absolute Gasteiger partial charge is 0.330 e. The van der Waals surface area contributed by atoms with E-state index in [9.17, 15) is 4.79 Å². The summed E-state index contributed by atoms with van der Waals surface area (Å²) < 4.78 is 4.66. The third kappa shape index (κ3) is 3.83. The average molecular weight is 329 g/mol. The summed E-state index contributed by atoms with van der Waals surface area (Å²) in [5, 5.41) is 0. The molecular weight excluding hydrogens is 310 g/mol. The molecule has 0 aliphatic heterocycles. The van der Waals surface area contributed by atoms with Gasteiger partial charge in [0.2, 0.25) is 0 Å². The number of ether oxygens (including phenoxy) is 1. The Balaban J connectivity index is 2.18. The van der Waals surface area contributed by atoms with E-state index in [1.165, 1.54) is 13.2 Å². The second-order valence-corrected chi connectivity index (χ2v) is 5.68. The van der Waals surface area contributed by atoms with Gasteiger partial charge in [-0.05, 0) is 30.2 Å². The summed E-state index contributed by atoms with van der Waals surface area (Å²) in [6.45, 7) is 2.06. The summed E-state index contributed by atoms with van der Waals surface area (Å²) in [4.78, 5) is 16.2. The maximum atomic E-state index is 11.4. The van der Waals surface area contributed by atoms with Gasteiger partial charge in [0.05, 0.1) is 18.5 Å². The maximum absolute atomic E-state index is 11.4. The van der Waals surface area contributed by atoms with Gasteiger partial charge in [-0.25, -0.2) is 9.78 Å². The molecule has 0 saturated carbocycles. The molecule has 25 heavy (non-hydrogen) atoms. The summed E-state index contributed by atoms with van der Waals surface area (Å²) >= 11 is 0. The first-order valence-corrected chi connectivity index (χ1v) is 8.07. The molecule has 0 atom stereocenters. The lowest BCUT2D eigenvalue weighted by Crippen LogP contribution is -1.97. The summed E-state index contributed by atoms with van der Waals surface area (Å²) in [5.41, 5.74) is 5.98. The van der Waals surface area contributed by atoms with E-state index >= 15 is 0 Å². The molecule has 2 aromatic carbocycles. The van der Waals surface area contributed by atoms with Gasteiger partial charge in [0.1, 0.15) is 0 Å². The van der Waals surface area contributed by atoms with Crippen molar-refractivity contribution in [3.63, 3.8) is 0 Å². The molecule has 0 radical (unpaired) electrons. The highest BCUT2D eigenvalue weighted by atomic mass is 16.5. The van der Waals surface area contributed by atoms with Crippen molar-refractivity contribution in [2.24, 2.45) is 0 Å². The van der Waals surface area contributed by atoms with Gasteiger partial charge >= 0.3 is 5.97 Å². The number of pyridine rings is 1. The number of nitrogens with zero attached hydrogens (tertiary/aromatic N) is 1. The molecule has 3 rings (SSSR count). The molecule has 0 fully saturated rings. The first-order valence-electron chi connectivity index (χ1n) is 8.07. The molecule has 0 amide bonds. The number of rotatable bonds is 4. The van der Waals surface area contributed by atoms with Gasteiger partial charge in [-0.3, -0.25) is 0 Å². The molecule has 0 aliphatic rings. The third-order valence-electron chi connectivity index (χ3n) is 3.94. The molecule has 0 unspecified atom stereocenters. The molecular formula is C22H19NO2. The zero-order chi connectivity index (χ0) is 17.6. The molecule has 3 aromatic rings. The van der Waals surface area contributed by atoms with Crippen LogP contribution in [0.15, 0.2) is 72.8 Å². The normalized spacial score (nSPS) is 10.8.